The second kappa shape index (κ2) is 10.2. The van der Waals surface area contributed by atoms with Crippen molar-refractivity contribution in [1.29, 1.82) is 0 Å². The molecule has 2 aromatic carbocycles. The number of nitrogens with zero attached hydrogens (tertiary/aromatic N) is 1. The first kappa shape index (κ1) is 21.9. The number of carbonyl (C=O) groups excluding carboxylic acids is 1. The highest BCUT2D eigenvalue weighted by Gasteiger charge is 2.22. The van der Waals surface area contributed by atoms with Gasteiger partial charge >= 0.3 is 6.09 Å². The summed E-state index contributed by atoms with van der Waals surface area (Å²) in [6, 6.07) is 14.6. The molecule has 5 heteroatoms. The van der Waals surface area contributed by atoms with Gasteiger partial charge in [-0.2, -0.15) is 0 Å². The summed E-state index contributed by atoms with van der Waals surface area (Å²) in [5, 5.41) is 9.11. The van der Waals surface area contributed by atoms with Crippen molar-refractivity contribution in [2.75, 3.05) is 19.7 Å². The smallest absolute Gasteiger partial charge is 0.410 e. The molecule has 0 atom stereocenters. The van der Waals surface area contributed by atoms with Crippen LogP contribution in [0.1, 0.15) is 37.5 Å². The maximum absolute atomic E-state index is 13.9. The van der Waals surface area contributed by atoms with Crippen LogP contribution in [0.25, 0.3) is 0 Å². The Bertz CT molecular complexity index is 770. The monoisotopic (exact) mass is 387 g/mol. The van der Waals surface area contributed by atoms with Gasteiger partial charge in [0, 0.05) is 19.7 Å². The number of rotatable bonds is 8. The average Bonchev–Trinajstić information content (AvgIpc) is 2.62. The molecule has 0 heterocycles. The van der Waals surface area contributed by atoms with Gasteiger partial charge in [-0.1, -0.05) is 42.5 Å². The average molecular weight is 387 g/mol. The van der Waals surface area contributed by atoms with Crippen LogP contribution in [0.4, 0.5) is 9.18 Å². The lowest BCUT2D eigenvalue weighted by Crippen LogP contribution is -2.39. The van der Waals surface area contributed by atoms with Crippen LogP contribution in [-0.2, 0) is 24.0 Å². The lowest BCUT2D eigenvalue weighted by atomic mass is 10.1. The van der Waals surface area contributed by atoms with E-state index in [9.17, 15) is 9.18 Å². The van der Waals surface area contributed by atoms with E-state index in [-0.39, 0.29) is 12.4 Å². The van der Waals surface area contributed by atoms with Gasteiger partial charge in [-0.3, -0.25) is 0 Å². The molecule has 4 nitrogen and oxygen atoms in total. The highest BCUT2D eigenvalue weighted by molar-refractivity contribution is 5.68. The number of aliphatic hydroxyl groups excluding tert-OH is 1. The third-order valence-electron chi connectivity index (χ3n) is 4.32. The minimum absolute atomic E-state index is 0.107. The quantitative estimate of drug-likeness (QED) is 0.731. The largest absolute Gasteiger partial charge is 0.444 e. The molecule has 2 aromatic rings. The Morgan fingerprint density at radius 3 is 2.29 bits per heavy atom. The number of hydrogen-bond donors (Lipinski definition) is 1. The van der Waals surface area contributed by atoms with Crippen LogP contribution >= 0.6 is 0 Å². The van der Waals surface area contributed by atoms with Crippen LogP contribution in [0.5, 0.6) is 0 Å². The van der Waals surface area contributed by atoms with E-state index >= 15 is 0 Å². The van der Waals surface area contributed by atoms with Gasteiger partial charge in [0.15, 0.2) is 0 Å². The summed E-state index contributed by atoms with van der Waals surface area (Å²) in [5.41, 5.74) is 2.15. The normalized spacial score (nSPS) is 11.3. The molecular formula is C23H30FNO3. The van der Waals surface area contributed by atoms with Crippen LogP contribution < -0.4 is 0 Å². The molecule has 1 N–H and O–H groups in total. The lowest BCUT2D eigenvalue weighted by molar-refractivity contribution is 0.0253. The van der Waals surface area contributed by atoms with Crippen LogP contribution in [0, 0.1) is 5.82 Å². The highest BCUT2D eigenvalue weighted by atomic mass is 19.1. The fourth-order valence-corrected chi connectivity index (χ4v) is 2.91. The van der Waals surface area contributed by atoms with Gasteiger partial charge in [0.1, 0.15) is 11.4 Å². The fraction of sp³-hybridized carbons (Fsp3) is 0.435. The number of halogens is 1. The zero-order valence-electron chi connectivity index (χ0n) is 17.0. The maximum Gasteiger partial charge on any atom is 0.410 e. The molecule has 0 aliphatic heterocycles. The minimum Gasteiger partial charge on any atom is -0.444 e. The first-order valence-electron chi connectivity index (χ1n) is 9.68. The molecule has 0 saturated heterocycles. The topological polar surface area (TPSA) is 49.8 Å². The summed E-state index contributed by atoms with van der Waals surface area (Å²) in [7, 11) is 0. The standard InChI is InChI=1S/C23H30FNO3/c1-23(2,3)28-22(27)25(15-12-20-9-4-5-10-21(20)24)14-11-18-7-6-8-19(17-18)13-16-26/h4-10,17,26H,11-16H2,1-3H3. The first-order chi connectivity index (χ1) is 13.3. The molecule has 0 fully saturated rings. The fourth-order valence-electron chi connectivity index (χ4n) is 2.91. The third kappa shape index (κ3) is 7.31. The summed E-state index contributed by atoms with van der Waals surface area (Å²) < 4.78 is 19.5. The molecule has 0 aliphatic carbocycles. The number of ether oxygens (including phenoxy) is 1. The molecule has 1 amide bonds. The highest BCUT2D eigenvalue weighted by Crippen LogP contribution is 2.14. The Morgan fingerprint density at radius 2 is 1.64 bits per heavy atom. The molecule has 152 valence electrons. The van der Waals surface area contributed by atoms with Crippen molar-refractivity contribution in [3.05, 3.63) is 71.0 Å². The van der Waals surface area contributed by atoms with Crippen LogP contribution in [0.2, 0.25) is 0 Å². The zero-order valence-corrected chi connectivity index (χ0v) is 17.0. The van der Waals surface area contributed by atoms with Gasteiger partial charge in [-0.05, 0) is 62.8 Å². The van der Waals surface area contributed by atoms with E-state index in [1.807, 2.05) is 45.0 Å². The van der Waals surface area contributed by atoms with E-state index in [0.29, 0.717) is 37.9 Å². The summed E-state index contributed by atoms with van der Waals surface area (Å²) >= 11 is 0. The second-order valence-corrected chi connectivity index (χ2v) is 7.85. The van der Waals surface area contributed by atoms with Gasteiger partial charge in [0.25, 0.3) is 0 Å². The van der Waals surface area contributed by atoms with Gasteiger partial charge < -0.3 is 14.7 Å². The molecule has 28 heavy (non-hydrogen) atoms. The van der Waals surface area contributed by atoms with Crippen LogP contribution in [0.3, 0.4) is 0 Å². The Labute approximate surface area is 166 Å². The summed E-state index contributed by atoms with van der Waals surface area (Å²) in [6.07, 6.45) is 1.30. The molecule has 0 bridgehead atoms. The Balaban J connectivity index is 2.06. The zero-order chi connectivity index (χ0) is 20.6. The van der Waals surface area contributed by atoms with Crippen LogP contribution in [0.15, 0.2) is 48.5 Å². The lowest BCUT2D eigenvalue weighted by Gasteiger charge is -2.27. The van der Waals surface area contributed by atoms with Gasteiger partial charge in [0.05, 0.1) is 0 Å². The van der Waals surface area contributed by atoms with Gasteiger partial charge in [-0.25, -0.2) is 9.18 Å². The van der Waals surface area contributed by atoms with Crippen molar-refractivity contribution in [2.24, 2.45) is 0 Å². The molecular weight excluding hydrogens is 357 g/mol. The summed E-state index contributed by atoms with van der Waals surface area (Å²) in [5.74, 6) is -0.261. The van der Waals surface area contributed by atoms with Crippen molar-refractivity contribution < 1.29 is 19.0 Å². The second-order valence-electron chi connectivity index (χ2n) is 7.85. The van der Waals surface area contributed by atoms with Gasteiger partial charge in [0.2, 0.25) is 0 Å². The number of aliphatic hydroxyl groups is 1. The number of carbonyl (C=O) groups is 1. The predicted octanol–water partition coefficient (Wildman–Crippen LogP) is 4.38. The van der Waals surface area contributed by atoms with Crippen molar-refractivity contribution in [2.45, 2.75) is 45.6 Å². The van der Waals surface area contributed by atoms with Crippen molar-refractivity contribution in [3.8, 4) is 0 Å². The van der Waals surface area contributed by atoms with E-state index < -0.39 is 11.7 Å². The Hall–Kier alpha value is -2.40. The molecule has 0 aromatic heterocycles. The summed E-state index contributed by atoms with van der Waals surface area (Å²) in [4.78, 5) is 14.3. The molecule has 2 rings (SSSR count). The van der Waals surface area contributed by atoms with Gasteiger partial charge in [-0.15, -0.1) is 0 Å². The van der Waals surface area contributed by atoms with E-state index in [2.05, 4.69) is 0 Å². The van der Waals surface area contributed by atoms with Crippen molar-refractivity contribution in [3.63, 3.8) is 0 Å². The minimum atomic E-state index is -0.589. The maximum atomic E-state index is 13.9. The number of benzene rings is 2. The predicted molar refractivity (Wildman–Crippen MR) is 109 cm³/mol. The number of hydrogen-bond acceptors (Lipinski definition) is 3. The molecule has 0 spiro atoms. The molecule has 0 unspecified atom stereocenters. The third-order valence-corrected chi connectivity index (χ3v) is 4.32. The molecule has 0 radical (unpaired) electrons. The first-order valence-corrected chi connectivity index (χ1v) is 9.68. The molecule has 0 saturated carbocycles. The van der Waals surface area contributed by atoms with E-state index in [0.717, 1.165) is 11.1 Å². The van der Waals surface area contributed by atoms with E-state index in [1.54, 1.807) is 23.1 Å². The number of amides is 1. The van der Waals surface area contributed by atoms with Crippen molar-refractivity contribution >= 4 is 6.09 Å². The van der Waals surface area contributed by atoms with Crippen molar-refractivity contribution in [1.82, 2.24) is 4.90 Å². The Kier molecular flexibility index (Phi) is 8.00. The summed E-state index contributed by atoms with van der Waals surface area (Å²) in [6.45, 7) is 6.46. The van der Waals surface area contributed by atoms with E-state index in [4.69, 9.17) is 9.84 Å². The Morgan fingerprint density at radius 1 is 1.00 bits per heavy atom. The van der Waals surface area contributed by atoms with E-state index in [1.165, 1.54) is 6.07 Å². The SMILES string of the molecule is CC(C)(C)OC(=O)N(CCc1cccc(CCO)c1)CCc1ccccc1F. The van der Waals surface area contributed by atoms with Crippen LogP contribution in [-0.4, -0.2) is 41.4 Å². The molecule has 0 aliphatic rings.